The third kappa shape index (κ3) is 6.07. The Bertz CT molecular complexity index is 1380. The second kappa shape index (κ2) is 11.5. The van der Waals surface area contributed by atoms with Crippen LogP contribution in [0.15, 0.2) is 52.4 Å². The van der Waals surface area contributed by atoms with E-state index in [0.717, 1.165) is 11.8 Å². The number of rotatable bonds is 6. The van der Waals surface area contributed by atoms with Gasteiger partial charge in [0.2, 0.25) is 21.8 Å². The number of sulfonamides is 1. The Morgan fingerprint density at radius 1 is 1.27 bits per heavy atom. The van der Waals surface area contributed by atoms with E-state index in [9.17, 15) is 27.7 Å². The van der Waals surface area contributed by atoms with Gasteiger partial charge in [-0.15, -0.1) is 0 Å². The van der Waals surface area contributed by atoms with Crippen molar-refractivity contribution in [2.45, 2.75) is 24.2 Å². The molecule has 9 nitrogen and oxygen atoms in total. The zero-order chi connectivity index (χ0) is 26.6. The predicted octanol–water partition coefficient (Wildman–Crippen LogP) is 3.08. The number of halogens is 1. The molecule has 0 radical (unpaired) electrons. The molecule has 12 heteroatoms. The molecule has 1 fully saturated rings. The molecule has 0 bridgehead atoms. The van der Waals surface area contributed by atoms with Gasteiger partial charge in [-0.1, -0.05) is 36.0 Å². The molecule has 2 amide bonds. The fourth-order valence-corrected chi connectivity index (χ4v) is 6.84. The van der Waals surface area contributed by atoms with Crippen LogP contribution < -0.4 is 5.32 Å². The van der Waals surface area contributed by atoms with Crippen LogP contribution in [0.25, 0.3) is 0 Å². The molecule has 2 unspecified atom stereocenters. The summed E-state index contributed by atoms with van der Waals surface area (Å²) >= 11 is 0.933. The molecule has 2 aliphatic rings. The predicted molar refractivity (Wildman–Crippen MR) is 137 cm³/mol. The number of nitrogens with one attached hydrogen (secondary N) is 1. The van der Waals surface area contributed by atoms with Crippen LogP contribution >= 0.6 is 11.8 Å². The first-order valence-corrected chi connectivity index (χ1v) is 14.0. The number of hydrogen-bond acceptors (Lipinski definition) is 7. The molecule has 1 N–H and O–H groups in total. The molecular weight excluding hydrogens is 519 g/mol. The molecule has 0 aromatic heterocycles. The first-order chi connectivity index (χ1) is 17.7. The number of nitriles is 1. The largest absolute Gasteiger partial charge is 0.379 e. The summed E-state index contributed by atoms with van der Waals surface area (Å²) in [7, 11) is -3.76. The molecule has 2 aromatic rings. The van der Waals surface area contributed by atoms with E-state index in [-0.39, 0.29) is 40.8 Å². The van der Waals surface area contributed by atoms with Crippen LogP contribution in [0.3, 0.4) is 0 Å². The minimum absolute atomic E-state index is 0.0966. The topological polar surface area (TPSA) is 129 Å². The summed E-state index contributed by atoms with van der Waals surface area (Å²) in [4.78, 5) is 29.0. The number of amides is 2. The van der Waals surface area contributed by atoms with Crippen molar-refractivity contribution in [2.24, 2.45) is 10.9 Å². The Morgan fingerprint density at radius 2 is 2.00 bits per heavy atom. The summed E-state index contributed by atoms with van der Waals surface area (Å²) < 4.78 is 47.2. The lowest BCUT2D eigenvalue weighted by Crippen LogP contribution is -2.40. The van der Waals surface area contributed by atoms with Gasteiger partial charge in [-0.25, -0.2) is 17.8 Å². The van der Waals surface area contributed by atoms with Gasteiger partial charge in [0.25, 0.3) is 0 Å². The average Bonchev–Trinajstić information content (AvgIpc) is 2.89. The lowest BCUT2D eigenvalue weighted by atomic mass is 9.82. The van der Waals surface area contributed by atoms with Gasteiger partial charge in [0, 0.05) is 31.1 Å². The highest BCUT2D eigenvalue weighted by atomic mass is 32.2. The van der Waals surface area contributed by atoms with Gasteiger partial charge >= 0.3 is 0 Å². The molecule has 2 heterocycles. The Hall–Kier alpha value is -3.11. The van der Waals surface area contributed by atoms with Crippen molar-refractivity contribution in [3.8, 4) is 6.07 Å². The summed E-state index contributed by atoms with van der Waals surface area (Å²) in [6, 6.07) is 12.7. The normalized spacial score (nSPS) is 20.7. The van der Waals surface area contributed by atoms with E-state index in [4.69, 9.17) is 4.74 Å². The third-order valence-corrected chi connectivity index (χ3v) is 9.24. The van der Waals surface area contributed by atoms with Crippen LogP contribution in [0, 0.1) is 30.0 Å². The highest BCUT2D eigenvalue weighted by molar-refractivity contribution is 8.14. The Labute approximate surface area is 218 Å². The van der Waals surface area contributed by atoms with E-state index in [2.05, 4.69) is 16.4 Å². The highest BCUT2D eigenvalue weighted by Gasteiger charge is 2.36. The number of nitrogens with zero attached hydrogens (tertiary/aromatic N) is 3. The van der Waals surface area contributed by atoms with E-state index in [1.165, 1.54) is 28.6 Å². The maximum atomic E-state index is 14.4. The molecule has 0 saturated carbocycles. The number of carbonyl (C=O) groups is 2. The monoisotopic (exact) mass is 544 g/mol. The molecule has 4 rings (SSSR count). The van der Waals surface area contributed by atoms with Gasteiger partial charge in [0.05, 0.1) is 35.0 Å². The van der Waals surface area contributed by atoms with Crippen molar-refractivity contribution in [3.05, 3.63) is 59.4 Å². The number of carbonyl (C=O) groups excluding carboxylic acids is 2. The number of thioether (sulfide) groups is 1. The van der Waals surface area contributed by atoms with Gasteiger partial charge in [-0.3, -0.25) is 9.59 Å². The fraction of sp³-hybridized carbons (Fsp3) is 0.360. The van der Waals surface area contributed by atoms with Crippen LogP contribution in [0.2, 0.25) is 0 Å². The van der Waals surface area contributed by atoms with Crippen LogP contribution in [0.1, 0.15) is 23.5 Å². The van der Waals surface area contributed by atoms with Crippen molar-refractivity contribution < 1.29 is 27.1 Å². The standard InChI is InChI=1S/C25H25FN4O5S2/c1-16-6-7-17(12-22(16)37(33,34)30-8-10-35-11-9-30)28-24(32)15-36-25-20(14-27)19(13-23(31)29-25)18-4-2-3-5-21(18)26/h2-7,12,19-20H,8-11,13,15H2,1H3,(H,28,32). The number of benzene rings is 2. The summed E-state index contributed by atoms with van der Waals surface area (Å²) in [5.74, 6) is -3.22. The Morgan fingerprint density at radius 3 is 2.70 bits per heavy atom. The average molecular weight is 545 g/mol. The number of ether oxygens (including phenoxy) is 1. The van der Waals surface area contributed by atoms with Gasteiger partial charge in [0.15, 0.2) is 0 Å². The van der Waals surface area contributed by atoms with Crippen molar-refractivity contribution in [2.75, 3.05) is 37.4 Å². The number of morpholine rings is 1. The minimum atomic E-state index is -3.76. The molecule has 2 aliphatic heterocycles. The lowest BCUT2D eigenvalue weighted by molar-refractivity contribution is -0.118. The van der Waals surface area contributed by atoms with Crippen molar-refractivity contribution in [1.82, 2.24) is 4.31 Å². The van der Waals surface area contributed by atoms with E-state index < -0.39 is 39.5 Å². The van der Waals surface area contributed by atoms with E-state index in [1.54, 1.807) is 25.1 Å². The summed E-state index contributed by atoms with van der Waals surface area (Å²) in [6.45, 7) is 2.83. The van der Waals surface area contributed by atoms with Crippen LogP contribution in [-0.2, 0) is 24.3 Å². The van der Waals surface area contributed by atoms with Crippen molar-refractivity contribution in [1.29, 1.82) is 5.26 Å². The molecule has 1 saturated heterocycles. The zero-order valence-corrected chi connectivity index (χ0v) is 21.6. The lowest BCUT2D eigenvalue weighted by Gasteiger charge is -2.27. The third-order valence-electron chi connectivity index (χ3n) is 6.15. The van der Waals surface area contributed by atoms with Gasteiger partial charge < -0.3 is 10.1 Å². The molecule has 2 aromatic carbocycles. The molecule has 0 spiro atoms. The molecule has 0 aliphatic carbocycles. The first-order valence-electron chi connectivity index (χ1n) is 11.6. The first kappa shape index (κ1) is 26.9. The van der Waals surface area contributed by atoms with Crippen LogP contribution in [0.4, 0.5) is 10.1 Å². The second-order valence-electron chi connectivity index (χ2n) is 8.62. The van der Waals surface area contributed by atoms with Crippen molar-refractivity contribution in [3.63, 3.8) is 0 Å². The molecule has 194 valence electrons. The maximum absolute atomic E-state index is 14.4. The number of hydrogen-bond donors (Lipinski definition) is 1. The van der Waals surface area contributed by atoms with Crippen molar-refractivity contribution >= 4 is 44.3 Å². The smallest absolute Gasteiger partial charge is 0.247 e. The molecule has 2 atom stereocenters. The number of aliphatic imine (C=N–C) groups is 1. The SMILES string of the molecule is Cc1ccc(NC(=O)CSC2=NC(=O)CC(c3ccccc3F)C2C#N)cc1S(=O)(=O)N1CCOCC1. The second-order valence-corrected chi connectivity index (χ2v) is 11.5. The van der Waals surface area contributed by atoms with Gasteiger partial charge in [-0.05, 0) is 36.2 Å². The zero-order valence-electron chi connectivity index (χ0n) is 20.0. The van der Waals surface area contributed by atoms with Gasteiger partial charge in [-0.2, -0.15) is 9.57 Å². The van der Waals surface area contributed by atoms with Crippen LogP contribution in [-0.4, -0.2) is 61.6 Å². The summed E-state index contributed by atoms with van der Waals surface area (Å²) in [5, 5.41) is 12.6. The Balaban J connectivity index is 1.45. The quantitative estimate of drug-likeness (QED) is 0.592. The van der Waals surface area contributed by atoms with Crippen LogP contribution in [0.5, 0.6) is 0 Å². The summed E-state index contributed by atoms with van der Waals surface area (Å²) in [6.07, 6.45) is -0.0980. The number of aryl methyl sites for hydroxylation is 1. The Kier molecular flexibility index (Phi) is 8.39. The minimum Gasteiger partial charge on any atom is -0.379 e. The summed E-state index contributed by atoms with van der Waals surface area (Å²) in [5.41, 5.74) is 1.10. The van der Waals surface area contributed by atoms with E-state index >= 15 is 0 Å². The fourth-order valence-electron chi connectivity index (χ4n) is 4.27. The van der Waals surface area contributed by atoms with E-state index in [0.29, 0.717) is 24.5 Å². The van der Waals surface area contributed by atoms with E-state index in [1.807, 2.05) is 0 Å². The molecule has 37 heavy (non-hydrogen) atoms. The highest BCUT2D eigenvalue weighted by Crippen LogP contribution is 2.37. The molecular formula is C25H25FN4O5S2. The number of anilines is 1. The van der Waals surface area contributed by atoms with Gasteiger partial charge in [0.1, 0.15) is 11.7 Å². The maximum Gasteiger partial charge on any atom is 0.247 e.